The number of imide groups is 1. The molecule has 1 aliphatic heterocycles. The molecule has 2 aliphatic rings. The van der Waals surface area contributed by atoms with Crippen LogP contribution in [0.5, 0.6) is 0 Å². The number of hydrogen-bond donors (Lipinski definition) is 1. The summed E-state index contributed by atoms with van der Waals surface area (Å²) in [6.07, 6.45) is 4.79. The number of allylic oxidation sites excluding steroid dienone is 2. The van der Waals surface area contributed by atoms with Crippen molar-refractivity contribution in [2.24, 2.45) is 11.8 Å². The Kier molecular flexibility index (Phi) is 5.16. The molecular weight excluding hydrogens is 370 g/mol. The van der Waals surface area contributed by atoms with Crippen LogP contribution in [0.3, 0.4) is 0 Å². The van der Waals surface area contributed by atoms with Crippen molar-refractivity contribution in [3.63, 3.8) is 0 Å². The minimum atomic E-state index is -3.63. The maximum absolute atomic E-state index is 12.4. The summed E-state index contributed by atoms with van der Waals surface area (Å²) in [5.41, 5.74) is 0.279. The van der Waals surface area contributed by atoms with Gasteiger partial charge in [0, 0.05) is 19.8 Å². The van der Waals surface area contributed by atoms with Gasteiger partial charge in [-0.1, -0.05) is 18.2 Å². The zero-order valence-electron chi connectivity index (χ0n) is 15.1. The second kappa shape index (κ2) is 7.24. The van der Waals surface area contributed by atoms with Crippen LogP contribution >= 0.6 is 0 Å². The fraction of sp³-hybridized carbons (Fsp3) is 0.389. The van der Waals surface area contributed by atoms with Gasteiger partial charge in [-0.05, 0) is 31.0 Å². The Labute approximate surface area is 157 Å². The van der Waals surface area contributed by atoms with Gasteiger partial charge in [0.05, 0.1) is 16.7 Å². The molecule has 9 heteroatoms. The molecule has 1 aromatic rings. The number of carbonyl (C=O) groups is 3. The van der Waals surface area contributed by atoms with E-state index in [4.69, 9.17) is 0 Å². The van der Waals surface area contributed by atoms with Gasteiger partial charge in [0.15, 0.2) is 0 Å². The highest BCUT2D eigenvalue weighted by Crippen LogP contribution is 2.34. The number of nitrogens with one attached hydrogen (secondary N) is 1. The predicted molar refractivity (Wildman–Crippen MR) is 98.0 cm³/mol. The molecule has 1 heterocycles. The van der Waals surface area contributed by atoms with Crippen molar-refractivity contribution in [1.29, 1.82) is 0 Å². The topological polar surface area (TPSA) is 104 Å². The SMILES string of the molecule is CN(C)S(=O)(=O)c1cccc(NC(=O)CN2C(=O)[C@H]3CC=CC[C@@H]3C2=O)c1. The fourth-order valence-electron chi connectivity index (χ4n) is 3.31. The summed E-state index contributed by atoms with van der Waals surface area (Å²) in [4.78, 5) is 38.2. The van der Waals surface area contributed by atoms with E-state index in [9.17, 15) is 22.8 Å². The summed E-state index contributed by atoms with van der Waals surface area (Å²) in [5.74, 6) is -1.97. The van der Waals surface area contributed by atoms with Crippen LogP contribution in [0.15, 0.2) is 41.3 Å². The fourth-order valence-corrected chi connectivity index (χ4v) is 4.26. The molecule has 1 saturated heterocycles. The third-order valence-electron chi connectivity index (χ3n) is 4.80. The molecule has 1 N–H and O–H groups in total. The van der Waals surface area contributed by atoms with Crippen LogP contribution in [0.1, 0.15) is 12.8 Å². The minimum absolute atomic E-state index is 0.0377. The lowest BCUT2D eigenvalue weighted by Crippen LogP contribution is -2.38. The number of nitrogens with zero attached hydrogens (tertiary/aromatic N) is 2. The van der Waals surface area contributed by atoms with Crippen LogP contribution in [0.4, 0.5) is 5.69 Å². The normalized spacial score (nSPS) is 22.3. The average molecular weight is 391 g/mol. The molecule has 0 bridgehead atoms. The zero-order valence-corrected chi connectivity index (χ0v) is 15.9. The lowest BCUT2D eigenvalue weighted by atomic mass is 9.85. The first-order valence-corrected chi connectivity index (χ1v) is 9.98. The Hall–Kier alpha value is -2.52. The Bertz CT molecular complexity index is 897. The van der Waals surface area contributed by atoms with Gasteiger partial charge in [0.1, 0.15) is 6.54 Å². The van der Waals surface area contributed by atoms with E-state index in [0.717, 1.165) is 9.21 Å². The lowest BCUT2D eigenvalue weighted by molar-refractivity contribution is -0.142. The van der Waals surface area contributed by atoms with Gasteiger partial charge in [-0.3, -0.25) is 19.3 Å². The molecule has 3 rings (SSSR count). The van der Waals surface area contributed by atoms with Crippen LogP contribution < -0.4 is 5.32 Å². The molecule has 1 aromatic carbocycles. The number of hydrogen-bond acceptors (Lipinski definition) is 5. The van der Waals surface area contributed by atoms with Gasteiger partial charge in [-0.15, -0.1) is 0 Å². The lowest BCUT2D eigenvalue weighted by Gasteiger charge is -2.15. The highest BCUT2D eigenvalue weighted by molar-refractivity contribution is 7.89. The second-order valence-corrected chi connectivity index (χ2v) is 8.93. The van der Waals surface area contributed by atoms with Crippen LogP contribution in [-0.2, 0) is 24.4 Å². The first-order chi connectivity index (χ1) is 12.7. The average Bonchev–Trinajstić information content (AvgIpc) is 2.87. The third-order valence-corrected chi connectivity index (χ3v) is 6.61. The van der Waals surface area contributed by atoms with E-state index in [-0.39, 0.29) is 40.8 Å². The summed E-state index contributed by atoms with van der Waals surface area (Å²) in [7, 11) is -0.801. The molecule has 0 saturated carbocycles. The van der Waals surface area contributed by atoms with Gasteiger partial charge in [0.2, 0.25) is 27.7 Å². The van der Waals surface area contributed by atoms with Gasteiger partial charge >= 0.3 is 0 Å². The Morgan fingerprint density at radius 2 is 1.74 bits per heavy atom. The molecule has 8 nitrogen and oxygen atoms in total. The number of benzene rings is 1. The smallest absolute Gasteiger partial charge is 0.244 e. The van der Waals surface area contributed by atoms with E-state index in [1.165, 1.54) is 32.3 Å². The van der Waals surface area contributed by atoms with Crippen LogP contribution in [-0.4, -0.2) is 56.0 Å². The maximum atomic E-state index is 12.4. The van der Waals surface area contributed by atoms with Crippen LogP contribution in [0.25, 0.3) is 0 Å². The van der Waals surface area contributed by atoms with E-state index in [1.807, 2.05) is 12.2 Å². The summed E-state index contributed by atoms with van der Waals surface area (Å²) in [6, 6.07) is 5.82. The largest absolute Gasteiger partial charge is 0.324 e. The van der Waals surface area contributed by atoms with E-state index >= 15 is 0 Å². The monoisotopic (exact) mass is 391 g/mol. The van der Waals surface area contributed by atoms with Crippen molar-refractivity contribution in [3.8, 4) is 0 Å². The summed E-state index contributed by atoms with van der Waals surface area (Å²) in [6.45, 7) is -0.380. The van der Waals surface area contributed by atoms with E-state index < -0.39 is 15.9 Å². The summed E-state index contributed by atoms with van der Waals surface area (Å²) in [5, 5.41) is 2.56. The third kappa shape index (κ3) is 3.65. The van der Waals surface area contributed by atoms with Crippen molar-refractivity contribution in [2.75, 3.05) is 26.0 Å². The molecule has 0 spiro atoms. The molecule has 0 unspecified atom stereocenters. The second-order valence-electron chi connectivity index (χ2n) is 6.78. The molecule has 0 radical (unpaired) electrons. The Morgan fingerprint density at radius 3 is 2.30 bits per heavy atom. The van der Waals surface area contributed by atoms with Crippen LogP contribution in [0, 0.1) is 11.8 Å². The van der Waals surface area contributed by atoms with E-state index in [0.29, 0.717) is 12.8 Å². The highest BCUT2D eigenvalue weighted by atomic mass is 32.2. The number of fused-ring (bicyclic) bond motifs is 1. The van der Waals surface area contributed by atoms with Gasteiger partial charge in [-0.25, -0.2) is 12.7 Å². The quantitative estimate of drug-likeness (QED) is 0.591. The number of sulfonamides is 1. The Morgan fingerprint density at radius 1 is 1.15 bits per heavy atom. The number of rotatable bonds is 5. The summed E-state index contributed by atoms with van der Waals surface area (Å²) >= 11 is 0. The van der Waals surface area contributed by atoms with Crippen molar-refractivity contribution >= 4 is 33.4 Å². The van der Waals surface area contributed by atoms with Gasteiger partial charge < -0.3 is 5.32 Å². The predicted octanol–water partition coefficient (Wildman–Crippen LogP) is 0.827. The molecule has 144 valence electrons. The van der Waals surface area contributed by atoms with Crippen molar-refractivity contribution in [2.45, 2.75) is 17.7 Å². The van der Waals surface area contributed by atoms with Gasteiger partial charge in [-0.2, -0.15) is 0 Å². The van der Waals surface area contributed by atoms with Crippen molar-refractivity contribution in [3.05, 3.63) is 36.4 Å². The van der Waals surface area contributed by atoms with Crippen molar-refractivity contribution in [1.82, 2.24) is 9.21 Å². The molecule has 0 aromatic heterocycles. The molecule has 27 heavy (non-hydrogen) atoms. The van der Waals surface area contributed by atoms with Crippen molar-refractivity contribution < 1.29 is 22.8 Å². The Balaban J connectivity index is 1.70. The van der Waals surface area contributed by atoms with E-state index in [2.05, 4.69) is 5.32 Å². The number of amides is 3. The highest BCUT2D eigenvalue weighted by Gasteiger charge is 2.47. The van der Waals surface area contributed by atoms with Gasteiger partial charge in [0.25, 0.3) is 0 Å². The first-order valence-electron chi connectivity index (χ1n) is 8.54. The zero-order chi connectivity index (χ0) is 19.8. The molecule has 1 aliphatic carbocycles. The molecule has 1 fully saturated rings. The number of carbonyl (C=O) groups excluding carboxylic acids is 3. The molecule has 3 amide bonds. The molecular formula is C18H21N3O5S. The number of anilines is 1. The first kappa shape index (κ1) is 19.2. The van der Waals surface area contributed by atoms with E-state index in [1.54, 1.807) is 6.07 Å². The number of likely N-dealkylation sites (tertiary alicyclic amines) is 1. The minimum Gasteiger partial charge on any atom is -0.324 e. The summed E-state index contributed by atoms with van der Waals surface area (Å²) < 4.78 is 25.5. The maximum Gasteiger partial charge on any atom is 0.244 e. The van der Waals surface area contributed by atoms with Crippen LogP contribution in [0.2, 0.25) is 0 Å². The standard InChI is InChI=1S/C18H21N3O5S/c1-20(2)27(25,26)13-7-5-6-12(10-13)19-16(22)11-21-17(23)14-8-3-4-9-15(14)18(21)24/h3-7,10,14-15H,8-9,11H2,1-2H3,(H,19,22)/t14-,15-/m0/s1. The molecule has 2 atom stereocenters.